The molecular formula is C24H27N3O4S. The van der Waals surface area contributed by atoms with Crippen LogP contribution in [-0.4, -0.2) is 36.0 Å². The molecule has 1 aliphatic rings. The molecule has 0 spiro atoms. The summed E-state index contributed by atoms with van der Waals surface area (Å²) in [5.74, 6) is 0.257. The predicted molar refractivity (Wildman–Crippen MR) is 128 cm³/mol. The number of carbonyl (C=O) groups is 2. The van der Waals surface area contributed by atoms with E-state index >= 15 is 0 Å². The number of aliphatic imine (C=N–C) groups is 1. The number of hydrogen-bond donors (Lipinski definition) is 2. The molecule has 3 rings (SSSR count). The number of thioether (sulfide) groups is 1. The Hall–Kier alpha value is -3.26. The molecule has 0 bridgehead atoms. The topological polar surface area (TPSA) is 89.0 Å². The number of esters is 1. The van der Waals surface area contributed by atoms with E-state index < -0.39 is 12.0 Å². The Bertz CT molecular complexity index is 1020. The van der Waals surface area contributed by atoms with Gasteiger partial charge in [0.05, 0.1) is 24.5 Å². The summed E-state index contributed by atoms with van der Waals surface area (Å²) < 4.78 is 11.1. The van der Waals surface area contributed by atoms with Crippen LogP contribution in [0.15, 0.2) is 70.9 Å². The number of carbonyl (C=O) groups excluding carboxylic acids is 2. The van der Waals surface area contributed by atoms with Crippen LogP contribution in [0.25, 0.3) is 0 Å². The monoisotopic (exact) mass is 453 g/mol. The number of nitrogens with zero attached hydrogens (tertiary/aromatic N) is 1. The molecule has 2 aromatic carbocycles. The summed E-state index contributed by atoms with van der Waals surface area (Å²) in [7, 11) is 0. The van der Waals surface area contributed by atoms with Crippen molar-refractivity contribution in [2.24, 2.45) is 4.99 Å². The van der Waals surface area contributed by atoms with Crippen LogP contribution >= 0.6 is 11.8 Å². The quantitative estimate of drug-likeness (QED) is 0.580. The maximum absolute atomic E-state index is 12.7. The second-order valence-corrected chi connectivity index (χ2v) is 7.86. The van der Waals surface area contributed by atoms with Gasteiger partial charge in [-0.1, -0.05) is 48.2 Å². The van der Waals surface area contributed by atoms with E-state index in [9.17, 15) is 9.59 Å². The second kappa shape index (κ2) is 11.4. The zero-order chi connectivity index (χ0) is 22.9. The molecule has 32 heavy (non-hydrogen) atoms. The first-order chi connectivity index (χ1) is 15.5. The molecule has 0 unspecified atom stereocenters. The lowest BCUT2D eigenvalue weighted by Gasteiger charge is -2.26. The normalized spacial score (nSPS) is 15.5. The van der Waals surface area contributed by atoms with Gasteiger partial charge in [-0.2, -0.15) is 0 Å². The van der Waals surface area contributed by atoms with Gasteiger partial charge in [-0.15, -0.1) is 0 Å². The molecule has 2 aromatic rings. The summed E-state index contributed by atoms with van der Waals surface area (Å²) in [6.45, 7) is 6.23. The van der Waals surface area contributed by atoms with E-state index in [1.54, 1.807) is 6.92 Å². The number of anilines is 1. The molecule has 2 N–H and O–H groups in total. The first-order valence-electron chi connectivity index (χ1n) is 10.5. The number of rotatable bonds is 8. The largest absolute Gasteiger partial charge is 0.494 e. The molecule has 0 aliphatic carbocycles. The van der Waals surface area contributed by atoms with Crippen LogP contribution in [0.4, 0.5) is 5.69 Å². The Morgan fingerprint density at radius 1 is 1.06 bits per heavy atom. The van der Waals surface area contributed by atoms with Crippen LogP contribution in [0.1, 0.15) is 32.4 Å². The number of amides is 1. The van der Waals surface area contributed by atoms with Crippen LogP contribution in [0.5, 0.6) is 5.75 Å². The van der Waals surface area contributed by atoms with Gasteiger partial charge in [0.25, 0.3) is 0 Å². The van der Waals surface area contributed by atoms with Crippen molar-refractivity contribution in [3.05, 3.63) is 71.4 Å². The van der Waals surface area contributed by atoms with Crippen molar-refractivity contribution < 1.29 is 19.1 Å². The molecule has 1 atom stereocenters. The van der Waals surface area contributed by atoms with Crippen molar-refractivity contribution in [3.8, 4) is 5.75 Å². The Kier molecular flexibility index (Phi) is 8.33. The fourth-order valence-electron chi connectivity index (χ4n) is 3.26. The number of nitrogens with one attached hydrogen (secondary N) is 2. The van der Waals surface area contributed by atoms with Crippen LogP contribution in [0.3, 0.4) is 0 Å². The first-order valence-corrected chi connectivity index (χ1v) is 11.4. The fraction of sp³-hybridized carbons (Fsp3) is 0.292. The summed E-state index contributed by atoms with van der Waals surface area (Å²) in [4.78, 5) is 29.9. The number of amidine groups is 1. The van der Waals surface area contributed by atoms with E-state index in [4.69, 9.17) is 14.5 Å². The standard InChI is InChI=1S/C24H27N3O4S/c1-4-30-19-14-10-9-13-18(19)22-21(23(29)31-5-2)16(3)25-24(27-22)32-15-20(28)26-17-11-7-6-8-12-17/h6-14,22H,4-5,15H2,1-3H3,(H,25,27)(H,26,28)/t22-/m1/s1. The van der Waals surface area contributed by atoms with E-state index in [1.807, 2.05) is 68.4 Å². The molecule has 0 saturated carbocycles. The molecule has 1 amide bonds. The fourth-order valence-corrected chi connectivity index (χ4v) is 4.01. The zero-order valence-electron chi connectivity index (χ0n) is 18.4. The van der Waals surface area contributed by atoms with Gasteiger partial charge in [0.15, 0.2) is 5.17 Å². The lowest BCUT2D eigenvalue weighted by atomic mass is 9.96. The number of ether oxygens (including phenoxy) is 2. The predicted octanol–water partition coefficient (Wildman–Crippen LogP) is 4.29. The van der Waals surface area contributed by atoms with Gasteiger partial charge < -0.3 is 20.1 Å². The number of hydrogen-bond acceptors (Lipinski definition) is 7. The molecule has 0 aromatic heterocycles. The van der Waals surface area contributed by atoms with Crippen molar-refractivity contribution >= 4 is 34.5 Å². The second-order valence-electron chi connectivity index (χ2n) is 6.89. The Labute approximate surface area is 192 Å². The average molecular weight is 454 g/mol. The molecule has 168 valence electrons. The third-order valence-corrected chi connectivity index (χ3v) is 5.51. The lowest BCUT2D eigenvalue weighted by molar-refractivity contribution is -0.139. The van der Waals surface area contributed by atoms with Crippen molar-refractivity contribution in [3.63, 3.8) is 0 Å². The van der Waals surface area contributed by atoms with Gasteiger partial charge in [-0.05, 0) is 39.0 Å². The highest BCUT2D eigenvalue weighted by Gasteiger charge is 2.32. The van der Waals surface area contributed by atoms with E-state index in [1.165, 1.54) is 11.8 Å². The van der Waals surface area contributed by atoms with Crippen molar-refractivity contribution in [1.29, 1.82) is 0 Å². The molecule has 1 aliphatic heterocycles. The Morgan fingerprint density at radius 3 is 2.50 bits per heavy atom. The maximum atomic E-state index is 12.7. The zero-order valence-corrected chi connectivity index (χ0v) is 19.2. The Morgan fingerprint density at radius 2 is 1.78 bits per heavy atom. The molecule has 7 nitrogen and oxygen atoms in total. The number of para-hydroxylation sites is 2. The van der Waals surface area contributed by atoms with Crippen molar-refractivity contribution in [2.45, 2.75) is 26.8 Å². The van der Waals surface area contributed by atoms with Gasteiger partial charge >= 0.3 is 5.97 Å². The molecule has 0 fully saturated rings. The minimum atomic E-state index is -0.599. The van der Waals surface area contributed by atoms with Crippen LogP contribution in [-0.2, 0) is 14.3 Å². The smallest absolute Gasteiger partial charge is 0.338 e. The van der Waals surface area contributed by atoms with Gasteiger partial charge in [0.2, 0.25) is 5.91 Å². The summed E-state index contributed by atoms with van der Waals surface area (Å²) in [6.07, 6.45) is 0. The lowest BCUT2D eigenvalue weighted by Crippen LogP contribution is -2.31. The van der Waals surface area contributed by atoms with Gasteiger partial charge in [0.1, 0.15) is 11.8 Å². The van der Waals surface area contributed by atoms with E-state index in [0.29, 0.717) is 28.8 Å². The minimum Gasteiger partial charge on any atom is -0.494 e. The Balaban J connectivity index is 1.83. The van der Waals surface area contributed by atoms with Gasteiger partial charge in [-0.3, -0.25) is 4.79 Å². The third kappa shape index (κ3) is 5.91. The molecule has 0 radical (unpaired) electrons. The molecule has 1 heterocycles. The van der Waals surface area contributed by atoms with Crippen LogP contribution < -0.4 is 15.4 Å². The number of allylic oxidation sites excluding steroid dienone is 1. The summed E-state index contributed by atoms with van der Waals surface area (Å²) in [6, 6.07) is 16.2. The van der Waals surface area contributed by atoms with Gasteiger partial charge in [-0.25, -0.2) is 9.79 Å². The first kappa shape index (κ1) is 23.4. The summed E-state index contributed by atoms with van der Waals surface area (Å²) in [5.41, 5.74) is 2.57. The van der Waals surface area contributed by atoms with E-state index in [0.717, 1.165) is 11.3 Å². The molecular weight excluding hydrogens is 426 g/mol. The molecule has 0 saturated heterocycles. The van der Waals surface area contributed by atoms with E-state index in [2.05, 4.69) is 10.6 Å². The maximum Gasteiger partial charge on any atom is 0.338 e. The molecule has 8 heteroatoms. The average Bonchev–Trinajstić information content (AvgIpc) is 2.79. The third-order valence-electron chi connectivity index (χ3n) is 4.62. The summed E-state index contributed by atoms with van der Waals surface area (Å²) >= 11 is 1.27. The van der Waals surface area contributed by atoms with Crippen LogP contribution in [0, 0.1) is 0 Å². The number of benzene rings is 2. The SMILES string of the molecule is CCOC(=O)C1=C(C)NC(SCC(=O)Nc2ccccc2)=N[C@@H]1c1ccccc1OCC. The highest BCUT2D eigenvalue weighted by atomic mass is 32.2. The van der Waals surface area contributed by atoms with Gasteiger partial charge in [0, 0.05) is 16.9 Å². The van der Waals surface area contributed by atoms with Crippen molar-refractivity contribution in [2.75, 3.05) is 24.3 Å². The minimum absolute atomic E-state index is 0.144. The highest BCUT2D eigenvalue weighted by molar-refractivity contribution is 8.14. The van der Waals surface area contributed by atoms with Crippen LogP contribution in [0.2, 0.25) is 0 Å². The summed E-state index contributed by atoms with van der Waals surface area (Å²) in [5, 5.41) is 6.55. The highest BCUT2D eigenvalue weighted by Crippen LogP contribution is 2.37. The van der Waals surface area contributed by atoms with E-state index in [-0.39, 0.29) is 18.3 Å². The van der Waals surface area contributed by atoms with Crippen molar-refractivity contribution in [1.82, 2.24) is 5.32 Å².